The number of carbonyl (C=O) groups excluding carboxylic acids is 1. The van der Waals surface area contributed by atoms with Crippen LogP contribution in [0.15, 0.2) is 12.1 Å². The Morgan fingerprint density at radius 2 is 2.10 bits per heavy atom. The highest BCUT2D eigenvalue weighted by Gasteiger charge is 2.25. The van der Waals surface area contributed by atoms with E-state index in [1.807, 2.05) is 27.9 Å². The zero-order valence-corrected chi connectivity index (χ0v) is 13.3. The number of nitrogens with one attached hydrogen (secondary N) is 1. The lowest BCUT2D eigenvalue weighted by Crippen LogP contribution is -2.44. The molecule has 1 heterocycles. The van der Waals surface area contributed by atoms with Gasteiger partial charge in [-0.1, -0.05) is 25.4 Å². The van der Waals surface area contributed by atoms with Crippen LogP contribution in [0, 0.1) is 5.92 Å². The van der Waals surface area contributed by atoms with Gasteiger partial charge in [0.15, 0.2) is 0 Å². The number of amides is 1. The first-order valence-corrected chi connectivity index (χ1v) is 6.87. The quantitative estimate of drug-likeness (QED) is 0.816. The topological polar surface area (TPSA) is 65.5 Å². The number of halogens is 1. The standard InChI is InChI=1S/C14H22ClN3O2/c1-9(2)14(3,20)8-16-13(19)10-6-11(15)17-12(7-10)18(4)5/h6-7,9,20H,8H2,1-5H3,(H,16,19). The van der Waals surface area contributed by atoms with Gasteiger partial charge >= 0.3 is 0 Å². The number of carbonyl (C=O) groups is 1. The number of anilines is 1. The third-order valence-corrected chi connectivity index (χ3v) is 3.55. The van der Waals surface area contributed by atoms with Crippen LogP contribution in [0.25, 0.3) is 0 Å². The molecule has 0 spiro atoms. The molecule has 0 saturated carbocycles. The van der Waals surface area contributed by atoms with E-state index in [1.54, 1.807) is 17.9 Å². The van der Waals surface area contributed by atoms with Gasteiger partial charge in [-0.25, -0.2) is 4.98 Å². The smallest absolute Gasteiger partial charge is 0.251 e. The molecule has 1 atom stereocenters. The third kappa shape index (κ3) is 4.35. The molecule has 0 radical (unpaired) electrons. The van der Waals surface area contributed by atoms with E-state index in [9.17, 15) is 9.90 Å². The van der Waals surface area contributed by atoms with E-state index in [4.69, 9.17) is 11.6 Å². The fourth-order valence-electron chi connectivity index (χ4n) is 1.41. The van der Waals surface area contributed by atoms with E-state index in [0.717, 1.165) is 0 Å². The van der Waals surface area contributed by atoms with Crippen LogP contribution in [0.2, 0.25) is 5.15 Å². The highest BCUT2D eigenvalue weighted by molar-refractivity contribution is 6.29. The highest BCUT2D eigenvalue weighted by atomic mass is 35.5. The second-order valence-electron chi connectivity index (χ2n) is 5.63. The fraction of sp³-hybridized carbons (Fsp3) is 0.571. The minimum atomic E-state index is -0.948. The van der Waals surface area contributed by atoms with Crippen LogP contribution >= 0.6 is 11.6 Å². The monoisotopic (exact) mass is 299 g/mol. The van der Waals surface area contributed by atoms with Gasteiger partial charge in [0.25, 0.3) is 5.91 Å². The number of hydrogen-bond acceptors (Lipinski definition) is 4. The molecule has 1 amide bonds. The summed E-state index contributed by atoms with van der Waals surface area (Å²) in [6, 6.07) is 3.17. The molecule has 1 unspecified atom stereocenters. The van der Waals surface area contributed by atoms with Crippen molar-refractivity contribution in [3.63, 3.8) is 0 Å². The third-order valence-electron chi connectivity index (χ3n) is 3.35. The minimum Gasteiger partial charge on any atom is -0.388 e. The molecule has 0 aliphatic heterocycles. The van der Waals surface area contributed by atoms with E-state index in [2.05, 4.69) is 10.3 Å². The number of hydrogen-bond donors (Lipinski definition) is 2. The van der Waals surface area contributed by atoms with Crippen LogP contribution in [0.4, 0.5) is 5.82 Å². The van der Waals surface area contributed by atoms with Crippen LogP contribution in [0.3, 0.4) is 0 Å². The number of aromatic nitrogens is 1. The molecule has 5 nitrogen and oxygen atoms in total. The number of nitrogens with zero attached hydrogens (tertiary/aromatic N) is 2. The molecule has 0 saturated heterocycles. The molecular formula is C14H22ClN3O2. The maximum absolute atomic E-state index is 12.1. The SMILES string of the molecule is CC(C)C(C)(O)CNC(=O)c1cc(Cl)nc(N(C)C)c1. The summed E-state index contributed by atoms with van der Waals surface area (Å²) in [5.74, 6) is 0.373. The average Bonchev–Trinajstić information content (AvgIpc) is 2.35. The van der Waals surface area contributed by atoms with Gasteiger partial charge in [0.1, 0.15) is 11.0 Å². The lowest BCUT2D eigenvalue weighted by molar-refractivity contribution is 0.0142. The zero-order valence-electron chi connectivity index (χ0n) is 12.6. The summed E-state index contributed by atoms with van der Waals surface area (Å²) in [5, 5.41) is 13.1. The molecule has 6 heteroatoms. The minimum absolute atomic E-state index is 0.0427. The Morgan fingerprint density at radius 3 is 2.60 bits per heavy atom. The molecule has 20 heavy (non-hydrogen) atoms. The first-order chi connectivity index (χ1) is 9.13. The predicted molar refractivity (Wildman–Crippen MR) is 81.4 cm³/mol. The highest BCUT2D eigenvalue weighted by Crippen LogP contribution is 2.18. The average molecular weight is 300 g/mol. The van der Waals surface area contributed by atoms with Gasteiger partial charge in [-0.3, -0.25) is 4.79 Å². The Hall–Kier alpha value is -1.33. The summed E-state index contributed by atoms with van der Waals surface area (Å²) in [4.78, 5) is 18.0. The first-order valence-electron chi connectivity index (χ1n) is 6.49. The summed E-state index contributed by atoms with van der Waals surface area (Å²) in [7, 11) is 3.65. The number of pyridine rings is 1. The lowest BCUT2D eigenvalue weighted by atomic mass is 9.92. The molecule has 1 rings (SSSR count). The van der Waals surface area contributed by atoms with Crippen molar-refractivity contribution in [1.29, 1.82) is 0 Å². The van der Waals surface area contributed by atoms with Crippen molar-refractivity contribution in [2.45, 2.75) is 26.4 Å². The van der Waals surface area contributed by atoms with Crippen molar-refractivity contribution in [2.75, 3.05) is 25.5 Å². The number of rotatable bonds is 5. The first kappa shape index (κ1) is 16.7. The molecule has 2 N–H and O–H groups in total. The lowest BCUT2D eigenvalue weighted by Gasteiger charge is -2.27. The molecule has 0 aromatic carbocycles. The molecule has 0 aliphatic rings. The van der Waals surface area contributed by atoms with Crippen LogP contribution in [-0.4, -0.2) is 42.2 Å². The van der Waals surface area contributed by atoms with Gasteiger partial charge in [-0.05, 0) is 25.0 Å². The maximum atomic E-state index is 12.1. The molecule has 0 fully saturated rings. The Balaban J connectivity index is 2.83. The Bertz CT molecular complexity index is 487. The molecule has 1 aromatic heterocycles. The van der Waals surface area contributed by atoms with Gasteiger partial charge in [-0.15, -0.1) is 0 Å². The normalized spacial score (nSPS) is 14.0. The maximum Gasteiger partial charge on any atom is 0.251 e. The predicted octanol–water partition coefficient (Wildman–Crippen LogP) is 1.94. The van der Waals surface area contributed by atoms with Crippen molar-refractivity contribution in [3.8, 4) is 0 Å². The van der Waals surface area contributed by atoms with E-state index in [1.165, 1.54) is 6.07 Å². The van der Waals surface area contributed by atoms with E-state index in [-0.39, 0.29) is 23.5 Å². The number of aliphatic hydroxyl groups is 1. The summed E-state index contributed by atoms with van der Waals surface area (Å²) in [5.41, 5.74) is -0.523. The van der Waals surface area contributed by atoms with E-state index >= 15 is 0 Å². The van der Waals surface area contributed by atoms with Crippen molar-refractivity contribution in [1.82, 2.24) is 10.3 Å². The van der Waals surface area contributed by atoms with E-state index in [0.29, 0.717) is 11.4 Å². The summed E-state index contributed by atoms with van der Waals surface area (Å²) < 4.78 is 0. The van der Waals surface area contributed by atoms with E-state index < -0.39 is 5.60 Å². The Labute approximate surface area is 125 Å². The van der Waals surface area contributed by atoms with Crippen molar-refractivity contribution >= 4 is 23.3 Å². The zero-order chi connectivity index (χ0) is 15.5. The Kier molecular flexibility index (Phi) is 5.36. The van der Waals surface area contributed by atoms with Gasteiger partial charge in [0, 0.05) is 26.2 Å². The second kappa shape index (κ2) is 6.41. The van der Waals surface area contributed by atoms with Crippen LogP contribution < -0.4 is 10.2 Å². The van der Waals surface area contributed by atoms with Gasteiger partial charge in [-0.2, -0.15) is 0 Å². The molecule has 0 bridgehead atoms. The summed E-state index contributed by atoms with van der Waals surface area (Å²) >= 11 is 5.91. The fourth-order valence-corrected chi connectivity index (χ4v) is 1.61. The molecule has 112 valence electrons. The molecule has 1 aromatic rings. The van der Waals surface area contributed by atoms with Crippen molar-refractivity contribution in [3.05, 3.63) is 22.8 Å². The van der Waals surface area contributed by atoms with Crippen molar-refractivity contribution < 1.29 is 9.90 Å². The van der Waals surface area contributed by atoms with Gasteiger partial charge < -0.3 is 15.3 Å². The van der Waals surface area contributed by atoms with Crippen LogP contribution in [0.1, 0.15) is 31.1 Å². The largest absolute Gasteiger partial charge is 0.388 e. The second-order valence-corrected chi connectivity index (χ2v) is 6.01. The van der Waals surface area contributed by atoms with Gasteiger partial charge in [0.2, 0.25) is 0 Å². The van der Waals surface area contributed by atoms with Crippen LogP contribution in [0.5, 0.6) is 0 Å². The Morgan fingerprint density at radius 1 is 1.50 bits per heavy atom. The van der Waals surface area contributed by atoms with Gasteiger partial charge in [0.05, 0.1) is 5.60 Å². The summed E-state index contributed by atoms with van der Waals surface area (Å²) in [6.07, 6.45) is 0. The molecular weight excluding hydrogens is 278 g/mol. The van der Waals surface area contributed by atoms with Crippen molar-refractivity contribution in [2.24, 2.45) is 5.92 Å². The van der Waals surface area contributed by atoms with Crippen LogP contribution in [-0.2, 0) is 0 Å². The summed E-state index contributed by atoms with van der Waals surface area (Å²) in [6.45, 7) is 5.68. The molecule has 0 aliphatic carbocycles.